The number of carbonyl (C=O) groups is 1. The number of rotatable bonds is 3. The van der Waals surface area contributed by atoms with Crippen molar-refractivity contribution in [3.8, 4) is 0 Å². The van der Waals surface area contributed by atoms with E-state index in [4.69, 9.17) is 9.47 Å². The van der Waals surface area contributed by atoms with Gasteiger partial charge in [-0.1, -0.05) is 13.8 Å². The number of ketones is 1. The first kappa shape index (κ1) is 14.0. The summed E-state index contributed by atoms with van der Waals surface area (Å²) in [6.07, 6.45) is 2.40. The molecule has 4 heteroatoms. The fourth-order valence-corrected chi connectivity index (χ4v) is 2.93. The summed E-state index contributed by atoms with van der Waals surface area (Å²) < 4.78 is 11.3. The highest BCUT2D eigenvalue weighted by atomic mass is 16.5. The Bertz CT molecular complexity index is 289. The number of carbonyl (C=O) groups excluding carboxylic acids is 1. The lowest BCUT2D eigenvalue weighted by Crippen LogP contribution is -2.47. The van der Waals surface area contributed by atoms with Gasteiger partial charge in [-0.3, -0.25) is 4.79 Å². The highest BCUT2D eigenvalue weighted by Gasteiger charge is 2.42. The molecule has 0 aromatic heterocycles. The molecule has 0 saturated carbocycles. The molecule has 0 amide bonds. The quantitative estimate of drug-likeness (QED) is 0.832. The van der Waals surface area contributed by atoms with Crippen molar-refractivity contribution in [1.29, 1.82) is 0 Å². The summed E-state index contributed by atoms with van der Waals surface area (Å²) >= 11 is 0. The van der Waals surface area contributed by atoms with Crippen molar-refractivity contribution in [2.45, 2.75) is 51.2 Å². The lowest BCUT2D eigenvalue weighted by molar-refractivity contribution is -0.162. The van der Waals surface area contributed by atoms with Gasteiger partial charge >= 0.3 is 0 Å². The predicted octanol–water partition coefficient (Wildman–Crippen LogP) is 1.55. The van der Waals surface area contributed by atoms with Crippen molar-refractivity contribution in [2.75, 3.05) is 19.8 Å². The van der Waals surface area contributed by atoms with Crippen molar-refractivity contribution < 1.29 is 19.4 Å². The average Bonchev–Trinajstić information content (AvgIpc) is 2.38. The Labute approximate surface area is 109 Å². The van der Waals surface area contributed by atoms with E-state index in [1.165, 1.54) is 0 Å². The van der Waals surface area contributed by atoms with Crippen molar-refractivity contribution >= 4 is 5.78 Å². The first-order valence-corrected chi connectivity index (χ1v) is 6.98. The van der Waals surface area contributed by atoms with Gasteiger partial charge in [0, 0.05) is 25.7 Å². The summed E-state index contributed by atoms with van der Waals surface area (Å²) in [6.45, 7) is 5.82. The SMILES string of the molecule is CC(C)C(O)C(=O)C1CCOC2(CCOCC2)C1. The third kappa shape index (κ3) is 2.92. The molecule has 2 aliphatic rings. The molecule has 2 unspecified atom stereocenters. The van der Waals surface area contributed by atoms with E-state index in [1.54, 1.807) is 0 Å². The fraction of sp³-hybridized carbons (Fsp3) is 0.929. The van der Waals surface area contributed by atoms with Crippen molar-refractivity contribution in [2.24, 2.45) is 11.8 Å². The van der Waals surface area contributed by atoms with Crippen LogP contribution in [-0.4, -0.2) is 42.4 Å². The molecule has 0 aliphatic carbocycles. The Morgan fingerprint density at radius 2 is 1.94 bits per heavy atom. The molecule has 0 radical (unpaired) electrons. The van der Waals surface area contributed by atoms with Gasteiger partial charge in [0.05, 0.1) is 5.60 Å². The number of aliphatic hydroxyl groups is 1. The van der Waals surface area contributed by atoms with E-state index in [1.807, 2.05) is 13.8 Å². The molecule has 18 heavy (non-hydrogen) atoms. The minimum absolute atomic E-state index is 0.000771. The standard InChI is InChI=1S/C14H24O4/c1-10(2)12(15)13(16)11-3-6-18-14(9-11)4-7-17-8-5-14/h10-12,15H,3-9H2,1-2H3. The van der Waals surface area contributed by atoms with Crippen LogP contribution in [0.2, 0.25) is 0 Å². The molecule has 2 saturated heterocycles. The van der Waals surface area contributed by atoms with Crippen LogP contribution >= 0.6 is 0 Å². The van der Waals surface area contributed by atoms with Crippen LogP contribution in [0.5, 0.6) is 0 Å². The molecule has 1 spiro atoms. The van der Waals surface area contributed by atoms with Gasteiger partial charge in [-0.25, -0.2) is 0 Å². The minimum Gasteiger partial charge on any atom is -0.385 e. The second-order valence-corrected chi connectivity index (χ2v) is 5.92. The maximum atomic E-state index is 12.2. The molecule has 4 nitrogen and oxygen atoms in total. The van der Waals surface area contributed by atoms with Gasteiger partial charge in [0.1, 0.15) is 6.10 Å². The number of ether oxygens (including phenoxy) is 2. The highest BCUT2D eigenvalue weighted by Crippen LogP contribution is 2.37. The van der Waals surface area contributed by atoms with Crippen molar-refractivity contribution in [3.05, 3.63) is 0 Å². The summed E-state index contributed by atoms with van der Waals surface area (Å²) in [5, 5.41) is 9.92. The summed E-state index contributed by atoms with van der Waals surface area (Å²) in [4.78, 5) is 12.2. The minimum atomic E-state index is -0.829. The Morgan fingerprint density at radius 3 is 2.56 bits per heavy atom. The van der Waals surface area contributed by atoms with Crippen LogP contribution in [0.25, 0.3) is 0 Å². The maximum absolute atomic E-state index is 12.2. The van der Waals surface area contributed by atoms with Gasteiger partial charge in [0.25, 0.3) is 0 Å². The molecule has 0 bridgehead atoms. The fourth-order valence-electron chi connectivity index (χ4n) is 2.93. The monoisotopic (exact) mass is 256 g/mol. The van der Waals surface area contributed by atoms with E-state index < -0.39 is 6.10 Å². The van der Waals surface area contributed by atoms with Crippen LogP contribution in [0.15, 0.2) is 0 Å². The molecule has 1 N–H and O–H groups in total. The lowest BCUT2D eigenvalue weighted by atomic mass is 9.77. The number of Topliss-reactive ketones (excluding diaryl/α,β-unsaturated/α-hetero) is 1. The van der Waals surface area contributed by atoms with Gasteiger partial charge in [-0.2, -0.15) is 0 Å². The number of aliphatic hydroxyl groups excluding tert-OH is 1. The van der Waals surface area contributed by atoms with Crippen LogP contribution < -0.4 is 0 Å². The summed E-state index contributed by atoms with van der Waals surface area (Å²) in [5.41, 5.74) is -0.173. The van der Waals surface area contributed by atoms with E-state index in [9.17, 15) is 9.90 Å². The van der Waals surface area contributed by atoms with Gasteiger partial charge in [-0.05, 0) is 31.6 Å². The molecule has 104 valence electrons. The van der Waals surface area contributed by atoms with Crippen molar-refractivity contribution in [3.63, 3.8) is 0 Å². The molecule has 2 fully saturated rings. The third-order valence-electron chi connectivity index (χ3n) is 4.22. The van der Waals surface area contributed by atoms with E-state index in [0.717, 1.165) is 25.7 Å². The molecule has 2 atom stereocenters. The zero-order valence-corrected chi connectivity index (χ0v) is 11.4. The Hall–Kier alpha value is -0.450. The average molecular weight is 256 g/mol. The van der Waals surface area contributed by atoms with Gasteiger partial charge < -0.3 is 14.6 Å². The molecular formula is C14H24O4. The molecular weight excluding hydrogens is 232 g/mol. The normalized spacial score (nSPS) is 29.4. The van der Waals surface area contributed by atoms with Crippen molar-refractivity contribution in [1.82, 2.24) is 0 Å². The summed E-state index contributed by atoms with van der Waals surface area (Å²) in [5.74, 6) is -0.0561. The van der Waals surface area contributed by atoms with Gasteiger partial charge in [0.15, 0.2) is 5.78 Å². The lowest BCUT2D eigenvalue weighted by Gasteiger charge is -2.43. The third-order valence-corrected chi connectivity index (χ3v) is 4.22. The Kier molecular flexibility index (Phi) is 4.41. The summed E-state index contributed by atoms with van der Waals surface area (Å²) in [6, 6.07) is 0. The molecule has 2 rings (SSSR count). The van der Waals surface area contributed by atoms with Gasteiger partial charge in [0.2, 0.25) is 0 Å². The van der Waals surface area contributed by atoms with E-state index in [-0.39, 0.29) is 23.2 Å². The zero-order chi connectivity index (χ0) is 13.2. The van der Waals surface area contributed by atoms with Crippen LogP contribution in [0.4, 0.5) is 0 Å². The van der Waals surface area contributed by atoms with Crippen LogP contribution in [-0.2, 0) is 14.3 Å². The van der Waals surface area contributed by atoms with Crippen LogP contribution in [0.1, 0.15) is 39.5 Å². The van der Waals surface area contributed by atoms with E-state index >= 15 is 0 Å². The Balaban J connectivity index is 1.99. The first-order chi connectivity index (χ1) is 8.54. The highest BCUT2D eigenvalue weighted by molar-refractivity contribution is 5.85. The van der Waals surface area contributed by atoms with E-state index in [2.05, 4.69) is 0 Å². The zero-order valence-electron chi connectivity index (χ0n) is 11.4. The first-order valence-electron chi connectivity index (χ1n) is 6.98. The molecule has 0 aromatic carbocycles. The number of hydrogen-bond donors (Lipinski definition) is 1. The second-order valence-electron chi connectivity index (χ2n) is 5.92. The smallest absolute Gasteiger partial charge is 0.164 e. The summed E-state index contributed by atoms with van der Waals surface area (Å²) in [7, 11) is 0. The van der Waals surface area contributed by atoms with E-state index in [0.29, 0.717) is 19.8 Å². The maximum Gasteiger partial charge on any atom is 0.164 e. The topological polar surface area (TPSA) is 55.8 Å². The Morgan fingerprint density at radius 1 is 1.28 bits per heavy atom. The molecule has 2 aliphatic heterocycles. The second kappa shape index (κ2) is 5.68. The van der Waals surface area contributed by atoms with Crippen LogP contribution in [0, 0.1) is 11.8 Å². The predicted molar refractivity (Wildman–Crippen MR) is 67.3 cm³/mol. The largest absolute Gasteiger partial charge is 0.385 e. The van der Waals surface area contributed by atoms with Crippen LogP contribution in [0.3, 0.4) is 0 Å². The number of hydrogen-bond acceptors (Lipinski definition) is 4. The van der Waals surface area contributed by atoms with Gasteiger partial charge in [-0.15, -0.1) is 0 Å². The molecule has 0 aromatic rings. The molecule has 2 heterocycles.